The number of hydrogen-bond donors (Lipinski definition) is 0. The van der Waals surface area contributed by atoms with Crippen LogP contribution in [0, 0.1) is 5.92 Å². The smallest absolute Gasteiger partial charge is 0.253 e. The van der Waals surface area contributed by atoms with Crippen LogP contribution in [0.1, 0.15) is 42.5 Å². The molecule has 130 valence electrons. The van der Waals surface area contributed by atoms with Crippen LogP contribution in [0.3, 0.4) is 0 Å². The van der Waals surface area contributed by atoms with Crippen LogP contribution in [0.15, 0.2) is 24.3 Å². The van der Waals surface area contributed by atoms with E-state index in [0.29, 0.717) is 37.6 Å². The van der Waals surface area contributed by atoms with Crippen molar-refractivity contribution in [2.75, 3.05) is 33.3 Å². The lowest BCUT2D eigenvalue weighted by Crippen LogP contribution is -2.52. The average molecular weight is 330 g/mol. The van der Waals surface area contributed by atoms with Gasteiger partial charge in [0.15, 0.2) is 0 Å². The Hall–Kier alpha value is -2.04. The van der Waals surface area contributed by atoms with Gasteiger partial charge in [-0.15, -0.1) is 0 Å². The first kappa shape index (κ1) is 16.8. The largest absolute Gasteiger partial charge is 0.497 e. The number of carbonyl (C=O) groups is 2. The van der Waals surface area contributed by atoms with Gasteiger partial charge in [0.25, 0.3) is 5.91 Å². The summed E-state index contributed by atoms with van der Waals surface area (Å²) in [7, 11) is 1.61. The Morgan fingerprint density at radius 1 is 0.917 bits per heavy atom. The first-order valence-electron chi connectivity index (χ1n) is 8.91. The van der Waals surface area contributed by atoms with Crippen molar-refractivity contribution >= 4 is 11.8 Å². The Bertz CT molecular complexity index is 571. The molecule has 1 aliphatic heterocycles. The molecule has 3 rings (SSSR count). The van der Waals surface area contributed by atoms with E-state index in [4.69, 9.17) is 4.74 Å². The zero-order chi connectivity index (χ0) is 16.9. The summed E-state index contributed by atoms with van der Waals surface area (Å²) in [6, 6.07) is 7.19. The highest BCUT2D eigenvalue weighted by Crippen LogP contribution is 2.26. The maximum Gasteiger partial charge on any atom is 0.253 e. The quantitative estimate of drug-likeness (QED) is 0.856. The van der Waals surface area contributed by atoms with E-state index in [1.807, 2.05) is 9.80 Å². The summed E-state index contributed by atoms with van der Waals surface area (Å²) in [5.74, 6) is 1.28. The van der Waals surface area contributed by atoms with Crippen molar-refractivity contribution in [3.8, 4) is 5.75 Å². The molecule has 0 bridgehead atoms. The van der Waals surface area contributed by atoms with Gasteiger partial charge in [0.05, 0.1) is 7.11 Å². The van der Waals surface area contributed by atoms with Crippen molar-refractivity contribution in [2.45, 2.75) is 32.1 Å². The molecule has 1 aromatic carbocycles. The Balaban J connectivity index is 1.54. The highest BCUT2D eigenvalue weighted by Gasteiger charge is 2.29. The zero-order valence-corrected chi connectivity index (χ0v) is 14.4. The lowest BCUT2D eigenvalue weighted by molar-refractivity contribution is -0.138. The molecule has 1 aromatic rings. The fraction of sp³-hybridized carbons (Fsp3) is 0.579. The molecule has 1 heterocycles. The average Bonchev–Trinajstić information content (AvgIpc) is 2.68. The van der Waals surface area contributed by atoms with E-state index in [9.17, 15) is 9.59 Å². The first-order valence-corrected chi connectivity index (χ1v) is 8.91. The van der Waals surface area contributed by atoms with Crippen molar-refractivity contribution in [2.24, 2.45) is 5.92 Å². The molecule has 0 unspecified atom stereocenters. The van der Waals surface area contributed by atoms with E-state index in [1.54, 1.807) is 31.4 Å². The second kappa shape index (κ2) is 7.69. The molecule has 2 fully saturated rings. The summed E-state index contributed by atoms with van der Waals surface area (Å²) in [4.78, 5) is 28.9. The van der Waals surface area contributed by atoms with E-state index < -0.39 is 0 Å². The number of methoxy groups -OCH3 is 1. The van der Waals surface area contributed by atoms with Gasteiger partial charge in [-0.2, -0.15) is 0 Å². The minimum Gasteiger partial charge on any atom is -0.497 e. The Labute approximate surface area is 143 Å². The maximum atomic E-state index is 12.6. The Kier molecular flexibility index (Phi) is 5.38. The monoisotopic (exact) mass is 330 g/mol. The van der Waals surface area contributed by atoms with Gasteiger partial charge in [-0.3, -0.25) is 9.59 Å². The summed E-state index contributed by atoms with van der Waals surface area (Å²) in [5.41, 5.74) is 0.669. The summed E-state index contributed by atoms with van der Waals surface area (Å²) in [6.07, 6.45) is 5.67. The molecule has 24 heavy (non-hydrogen) atoms. The number of carbonyl (C=O) groups excluding carboxylic acids is 2. The fourth-order valence-electron chi connectivity index (χ4n) is 3.65. The van der Waals surface area contributed by atoms with Gasteiger partial charge < -0.3 is 14.5 Å². The third kappa shape index (κ3) is 3.71. The second-order valence-electron chi connectivity index (χ2n) is 6.68. The van der Waals surface area contributed by atoms with Gasteiger partial charge in [-0.05, 0) is 37.1 Å². The molecule has 0 aromatic heterocycles. The lowest BCUT2D eigenvalue weighted by atomic mass is 9.88. The van der Waals surface area contributed by atoms with E-state index in [-0.39, 0.29) is 11.8 Å². The van der Waals surface area contributed by atoms with Crippen LogP contribution in [0.25, 0.3) is 0 Å². The van der Waals surface area contributed by atoms with Gasteiger partial charge in [-0.1, -0.05) is 19.3 Å². The zero-order valence-electron chi connectivity index (χ0n) is 14.4. The standard InChI is InChI=1S/C19H26N2O3/c1-24-17-9-7-16(8-10-17)19(23)21-13-11-20(12-14-21)18(22)15-5-3-2-4-6-15/h7-10,15H,2-6,11-14H2,1H3. The number of benzene rings is 1. The van der Waals surface area contributed by atoms with E-state index in [1.165, 1.54) is 19.3 Å². The van der Waals surface area contributed by atoms with Gasteiger partial charge in [0.2, 0.25) is 5.91 Å². The highest BCUT2D eigenvalue weighted by molar-refractivity contribution is 5.94. The minimum atomic E-state index is 0.0300. The fourth-order valence-corrected chi connectivity index (χ4v) is 3.65. The number of hydrogen-bond acceptors (Lipinski definition) is 3. The predicted octanol–water partition coefficient (Wildman–Crippen LogP) is 2.56. The molecule has 0 spiro atoms. The number of ether oxygens (including phenoxy) is 1. The minimum absolute atomic E-state index is 0.0300. The molecular weight excluding hydrogens is 304 g/mol. The summed E-state index contributed by atoms with van der Waals surface area (Å²) in [6.45, 7) is 2.53. The van der Waals surface area contributed by atoms with Crippen LogP contribution in [-0.2, 0) is 4.79 Å². The maximum absolute atomic E-state index is 12.6. The third-order valence-corrected chi connectivity index (χ3v) is 5.17. The van der Waals surface area contributed by atoms with Crippen molar-refractivity contribution in [1.82, 2.24) is 9.80 Å². The highest BCUT2D eigenvalue weighted by atomic mass is 16.5. The first-order chi connectivity index (χ1) is 11.7. The predicted molar refractivity (Wildman–Crippen MR) is 92.1 cm³/mol. The molecule has 0 radical (unpaired) electrons. The Morgan fingerprint density at radius 2 is 1.50 bits per heavy atom. The van der Waals surface area contributed by atoms with E-state index >= 15 is 0 Å². The van der Waals surface area contributed by atoms with Crippen molar-refractivity contribution in [3.05, 3.63) is 29.8 Å². The molecule has 5 nitrogen and oxygen atoms in total. The third-order valence-electron chi connectivity index (χ3n) is 5.17. The number of rotatable bonds is 3. The van der Waals surface area contributed by atoms with Crippen LogP contribution in [0.5, 0.6) is 5.75 Å². The van der Waals surface area contributed by atoms with Crippen LogP contribution >= 0.6 is 0 Å². The van der Waals surface area contributed by atoms with Crippen molar-refractivity contribution in [1.29, 1.82) is 0 Å². The molecule has 0 atom stereocenters. The van der Waals surface area contributed by atoms with Gasteiger partial charge in [-0.25, -0.2) is 0 Å². The number of nitrogens with zero attached hydrogens (tertiary/aromatic N) is 2. The number of piperazine rings is 1. The molecule has 5 heteroatoms. The van der Waals surface area contributed by atoms with Crippen molar-refractivity contribution in [3.63, 3.8) is 0 Å². The molecule has 2 aliphatic rings. The van der Waals surface area contributed by atoms with Crippen molar-refractivity contribution < 1.29 is 14.3 Å². The van der Waals surface area contributed by atoms with E-state index in [0.717, 1.165) is 18.6 Å². The van der Waals surface area contributed by atoms with Crippen LogP contribution in [0.2, 0.25) is 0 Å². The van der Waals surface area contributed by atoms with Gasteiger partial charge in [0.1, 0.15) is 5.75 Å². The second-order valence-corrected chi connectivity index (χ2v) is 6.68. The van der Waals surface area contributed by atoms with Crippen LogP contribution < -0.4 is 4.74 Å². The van der Waals surface area contributed by atoms with Crippen LogP contribution in [-0.4, -0.2) is 54.9 Å². The van der Waals surface area contributed by atoms with Gasteiger partial charge in [0, 0.05) is 37.7 Å². The lowest BCUT2D eigenvalue weighted by Gasteiger charge is -2.37. The van der Waals surface area contributed by atoms with E-state index in [2.05, 4.69) is 0 Å². The molecule has 1 aliphatic carbocycles. The molecule has 1 saturated carbocycles. The summed E-state index contributed by atoms with van der Waals surface area (Å²) in [5, 5.41) is 0. The summed E-state index contributed by atoms with van der Waals surface area (Å²) >= 11 is 0. The van der Waals surface area contributed by atoms with Crippen LogP contribution in [0.4, 0.5) is 0 Å². The molecule has 2 amide bonds. The number of amides is 2. The van der Waals surface area contributed by atoms with Gasteiger partial charge >= 0.3 is 0 Å². The topological polar surface area (TPSA) is 49.9 Å². The normalized spacial score (nSPS) is 19.2. The Morgan fingerprint density at radius 3 is 2.08 bits per heavy atom. The SMILES string of the molecule is COc1ccc(C(=O)N2CCN(C(=O)C3CCCCC3)CC2)cc1. The molecular formula is C19H26N2O3. The molecule has 1 saturated heterocycles. The molecule has 0 N–H and O–H groups in total. The summed E-state index contributed by atoms with van der Waals surface area (Å²) < 4.78 is 5.12.